The number of halogens is 1. The molecule has 4 aromatic rings. The number of hydrogen-bond acceptors (Lipinski definition) is 8. The minimum atomic E-state index is 0.0370. The van der Waals surface area contributed by atoms with Crippen LogP contribution in [0.2, 0.25) is 5.02 Å². The van der Waals surface area contributed by atoms with Gasteiger partial charge in [0.05, 0.1) is 28.5 Å². The van der Waals surface area contributed by atoms with Gasteiger partial charge in [-0.25, -0.2) is 19.6 Å². The zero-order valence-electron chi connectivity index (χ0n) is 18.2. The first-order chi connectivity index (χ1) is 16.6. The molecule has 1 aliphatic heterocycles. The van der Waals surface area contributed by atoms with Crippen molar-refractivity contribution in [3.63, 3.8) is 0 Å². The molecule has 1 aromatic carbocycles. The van der Waals surface area contributed by atoms with Crippen LogP contribution in [0.1, 0.15) is 31.7 Å². The van der Waals surface area contributed by atoms with Gasteiger partial charge in [0.25, 0.3) is 0 Å². The monoisotopic (exact) mass is 472 g/mol. The Hall–Kier alpha value is -3.90. The van der Waals surface area contributed by atoms with Crippen LogP contribution in [0, 0.1) is 11.5 Å². The van der Waals surface area contributed by atoms with Crippen LogP contribution < -0.4 is 10.5 Å². The largest absolute Gasteiger partial charge is 0.439 e. The molecule has 4 heterocycles. The average Bonchev–Trinajstić information content (AvgIpc) is 3.52. The lowest BCUT2D eigenvalue weighted by Crippen LogP contribution is -2.43. The predicted molar refractivity (Wildman–Crippen MR) is 127 cm³/mol. The van der Waals surface area contributed by atoms with E-state index in [0.717, 1.165) is 31.2 Å². The molecule has 2 fully saturated rings. The Labute approximate surface area is 200 Å². The predicted octanol–water partition coefficient (Wildman–Crippen LogP) is 4.57. The van der Waals surface area contributed by atoms with E-state index < -0.39 is 0 Å². The van der Waals surface area contributed by atoms with Crippen molar-refractivity contribution < 1.29 is 4.74 Å². The molecule has 2 N–H and O–H groups in total. The van der Waals surface area contributed by atoms with Gasteiger partial charge in [0.2, 0.25) is 5.88 Å². The average molecular weight is 473 g/mol. The Balaban J connectivity index is 1.34. The van der Waals surface area contributed by atoms with E-state index in [9.17, 15) is 5.26 Å². The smallest absolute Gasteiger partial charge is 0.219 e. The molecule has 10 heteroatoms. The van der Waals surface area contributed by atoms with E-state index >= 15 is 0 Å². The highest BCUT2D eigenvalue weighted by Gasteiger charge is 2.51. The molecule has 0 radical (unpaired) electrons. The Morgan fingerprint density at radius 2 is 1.91 bits per heavy atom. The topological polar surface area (TPSA) is 119 Å². The molecule has 1 saturated carbocycles. The number of aromatic nitrogens is 5. The number of nitrogen functional groups attached to an aromatic ring is 1. The molecule has 1 saturated heterocycles. The quantitative estimate of drug-likeness (QED) is 0.429. The number of piperidine rings is 1. The molecular formula is C24H21ClN8O. The number of anilines is 1. The fraction of sp³-hybridized carbons (Fsp3) is 0.292. The van der Waals surface area contributed by atoms with Crippen molar-refractivity contribution in [2.24, 2.45) is 0 Å². The van der Waals surface area contributed by atoms with Gasteiger partial charge in [0, 0.05) is 17.8 Å². The fourth-order valence-electron chi connectivity index (χ4n) is 4.75. The van der Waals surface area contributed by atoms with Gasteiger partial charge in [-0.05, 0) is 56.0 Å². The first-order valence-electron chi connectivity index (χ1n) is 11.1. The highest BCUT2D eigenvalue weighted by atomic mass is 35.5. The lowest BCUT2D eigenvalue weighted by atomic mass is 9.97. The number of fused-ring (bicyclic) bond motifs is 1. The van der Waals surface area contributed by atoms with Crippen molar-refractivity contribution >= 4 is 28.5 Å². The second kappa shape index (κ2) is 7.85. The number of likely N-dealkylation sites (tertiary alicyclic amines) is 1. The molecule has 1 spiro atoms. The van der Waals surface area contributed by atoms with Gasteiger partial charge >= 0.3 is 0 Å². The number of nitriles is 1. The summed E-state index contributed by atoms with van der Waals surface area (Å²) in [6.07, 6.45) is 9.50. The van der Waals surface area contributed by atoms with Crippen LogP contribution >= 0.6 is 11.6 Å². The molecule has 1 aliphatic carbocycles. The molecule has 170 valence electrons. The molecule has 0 amide bonds. The third-order valence-corrected chi connectivity index (χ3v) is 6.99. The zero-order valence-corrected chi connectivity index (χ0v) is 19.0. The summed E-state index contributed by atoms with van der Waals surface area (Å²) in [6.45, 7) is 0.623. The number of nitrogens with two attached hydrogens (primary N) is 1. The maximum atomic E-state index is 9.69. The maximum absolute atomic E-state index is 9.69. The van der Waals surface area contributed by atoms with Gasteiger partial charge in [-0.3, -0.25) is 0 Å². The van der Waals surface area contributed by atoms with Crippen molar-refractivity contribution in [1.82, 2.24) is 29.6 Å². The Morgan fingerprint density at radius 1 is 1.09 bits per heavy atom. The Bertz CT molecular complexity index is 1410. The summed E-state index contributed by atoms with van der Waals surface area (Å²) in [7, 11) is 0. The van der Waals surface area contributed by atoms with E-state index in [1.807, 2.05) is 33.8 Å². The number of nitrogens with zero attached hydrogens (tertiary/aromatic N) is 7. The van der Waals surface area contributed by atoms with Crippen molar-refractivity contribution in [3.05, 3.63) is 53.9 Å². The van der Waals surface area contributed by atoms with Gasteiger partial charge < -0.3 is 15.4 Å². The summed E-state index contributed by atoms with van der Waals surface area (Å²) >= 11 is 5.89. The standard InChI is InChI=1S/C24H21ClN8O/c25-16-3-6-19(28-11-16)34-18-4-1-15(2-5-18)21-20-22(27)29-14-30-23(20)33(31-21)17-7-8-24(9-10-24)32(12-17)13-26/h1-6,11,14,17H,7-10,12H2,(H2,27,29,30). The molecule has 3 aromatic heterocycles. The van der Waals surface area contributed by atoms with Gasteiger partial charge in [0.1, 0.15) is 23.6 Å². The van der Waals surface area contributed by atoms with E-state index in [2.05, 4.69) is 21.1 Å². The fourth-order valence-corrected chi connectivity index (χ4v) is 4.86. The highest BCUT2D eigenvalue weighted by Crippen LogP contribution is 2.50. The summed E-state index contributed by atoms with van der Waals surface area (Å²) in [6, 6.07) is 11.0. The van der Waals surface area contributed by atoms with Crippen molar-refractivity contribution in [2.75, 3.05) is 12.3 Å². The van der Waals surface area contributed by atoms with E-state index in [0.29, 0.717) is 45.7 Å². The Morgan fingerprint density at radius 3 is 2.62 bits per heavy atom. The molecule has 9 nitrogen and oxygen atoms in total. The number of pyridine rings is 1. The first kappa shape index (κ1) is 20.7. The lowest BCUT2D eigenvalue weighted by Gasteiger charge is -2.36. The van der Waals surface area contributed by atoms with Gasteiger partial charge in [0.15, 0.2) is 11.8 Å². The second-order valence-corrected chi connectivity index (χ2v) is 9.26. The number of ether oxygens (including phenoxy) is 1. The molecule has 1 unspecified atom stereocenters. The third-order valence-electron chi connectivity index (χ3n) is 6.77. The van der Waals surface area contributed by atoms with Crippen molar-refractivity contribution in [2.45, 2.75) is 37.3 Å². The summed E-state index contributed by atoms with van der Waals surface area (Å²) in [5.41, 5.74) is 8.61. The Kier molecular flexibility index (Phi) is 4.78. The molecule has 1 atom stereocenters. The summed E-state index contributed by atoms with van der Waals surface area (Å²) < 4.78 is 7.73. The van der Waals surface area contributed by atoms with E-state index in [4.69, 9.17) is 27.2 Å². The summed E-state index contributed by atoms with van der Waals surface area (Å²) in [5.74, 6) is 1.47. The van der Waals surface area contributed by atoms with Crippen LogP contribution in [-0.2, 0) is 0 Å². The molecule has 6 rings (SSSR count). The normalized spacial score (nSPS) is 18.7. The van der Waals surface area contributed by atoms with Crippen LogP contribution in [0.5, 0.6) is 11.6 Å². The minimum Gasteiger partial charge on any atom is -0.439 e. The molecular weight excluding hydrogens is 452 g/mol. The van der Waals surface area contributed by atoms with Crippen LogP contribution in [0.3, 0.4) is 0 Å². The van der Waals surface area contributed by atoms with Crippen LogP contribution in [0.4, 0.5) is 5.82 Å². The number of rotatable bonds is 4. The van der Waals surface area contributed by atoms with Gasteiger partial charge in [-0.15, -0.1) is 0 Å². The van der Waals surface area contributed by atoms with E-state index in [1.165, 1.54) is 12.5 Å². The lowest BCUT2D eigenvalue weighted by molar-refractivity contribution is 0.151. The van der Waals surface area contributed by atoms with Crippen molar-refractivity contribution in [3.8, 4) is 29.1 Å². The molecule has 2 aliphatic rings. The van der Waals surface area contributed by atoms with E-state index in [1.54, 1.807) is 12.1 Å². The second-order valence-electron chi connectivity index (χ2n) is 8.82. The SMILES string of the molecule is N#CN1CC(n2nc(-c3ccc(Oc4ccc(Cl)cn4)cc3)c3c(N)ncnc32)CCC12CC2. The zero-order chi connectivity index (χ0) is 23.3. The van der Waals surface area contributed by atoms with Crippen LogP contribution in [0.15, 0.2) is 48.9 Å². The van der Waals surface area contributed by atoms with Gasteiger partial charge in [-0.1, -0.05) is 11.6 Å². The van der Waals surface area contributed by atoms with Crippen LogP contribution in [0.25, 0.3) is 22.3 Å². The minimum absolute atomic E-state index is 0.0370. The first-order valence-corrected chi connectivity index (χ1v) is 11.5. The summed E-state index contributed by atoms with van der Waals surface area (Å²) in [4.78, 5) is 14.8. The third kappa shape index (κ3) is 3.47. The highest BCUT2D eigenvalue weighted by molar-refractivity contribution is 6.30. The van der Waals surface area contributed by atoms with E-state index in [-0.39, 0.29) is 11.6 Å². The molecule has 34 heavy (non-hydrogen) atoms. The molecule has 0 bridgehead atoms. The number of hydrogen-bond donors (Lipinski definition) is 1. The maximum Gasteiger partial charge on any atom is 0.219 e. The number of benzene rings is 1. The van der Waals surface area contributed by atoms with Crippen molar-refractivity contribution in [1.29, 1.82) is 5.26 Å². The van der Waals surface area contributed by atoms with Crippen LogP contribution in [-0.4, -0.2) is 41.7 Å². The van der Waals surface area contributed by atoms with Gasteiger partial charge in [-0.2, -0.15) is 10.4 Å². The summed E-state index contributed by atoms with van der Waals surface area (Å²) in [5, 5.41) is 15.9.